The second kappa shape index (κ2) is 4.34. The summed E-state index contributed by atoms with van der Waals surface area (Å²) in [5.41, 5.74) is 2.48. The minimum atomic E-state index is 0.570. The number of hydrogen-bond donors (Lipinski definition) is 1. The second-order valence-electron chi connectivity index (χ2n) is 6.09. The van der Waals surface area contributed by atoms with Crippen molar-refractivity contribution in [2.24, 2.45) is 0 Å². The molecule has 2 saturated heterocycles. The van der Waals surface area contributed by atoms with Gasteiger partial charge in [0.05, 0.1) is 0 Å². The van der Waals surface area contributed by atoms with Gasteiger partial charge in [-0.2, -0.15) is 0 Å². The maximum absolute atomic E-state index is 8.47. The Bertz CT molecular complexity index is 510. The van der Waals surface area contributed by atoms with E-state index in [1.54, 1.807) is 0 Å². The van der Waals surface area contributed by atoms with Gasteiger partial charge in [0.25, 0.3) is 0 Å². The molecule has 2 unspecified atom stereocenters. The van der Waals surface area contributed by atoms with Crippen LogP contribution < -0.4 is 0 Å². The van der Waals surface area contributed by atoms with E-state index in [1.807, 2.05) is 0 Å². The Hall–Kier alpha value is -1.35. The number of amidine groups is 1. The molecule has 100 valence electrons. The van der Waals surface area contributed by atoms with Crippen molar-refractivity contribution in [3.8, 4) is 0 Å². The SMILES string of the molecule is N=C1c2ccccc2CN1C1CCN2CCCCC12. The normalized spacial score (nSPS) is 30.5. The minimum absolute atomic E-state index is 0.570. The van der Waals surface area contributed by atoms with Crippen LogP contribution in [0.25, 0.3) is 0 Å². The van der Waals surface area contributed by atoms with E-state index >= 15 is 0 Å². The van der Waals surface area contributed by atoms with Gasteiger partial charge in [-0.1, -0.05) is 30.7 Å². The van der Waals surface area contributed by atoms with Crippen LogP contribution in [0.3, 0.4) is 0 Å². The largest absolute Gasteiger partial charge is 0.348 e. The van der Waals surface area contributed by atoms with Crippen LogP contribution in [0.4, 0.5) is 0 Å². The summed E-state index contributed by atoms with van der Waals surface area (Å²) in [4.78, 5) is 5.02. The summed E-state index contributed by atoms with van der Waals surface area (Å²) in [7, 11) is 0. The molecule has 0 spiro atoms. The van der Waals surface area contributed by atoms with E-state index in [1.165, 1.54) is 44.3 Å². The lowest BCUT2D eigenvalue weighted by Gasteiger charge is -2.36. The van der Waals surface area contributed by atoms with Crippen molar-refractivity contribution in [1.29, 1.82) is 5.41 Å². The molecule has 19 heavy (non-hydrogen) atoms. The average molecular weight is 255 g/mol. The van der Waals surface area contributed by atoms with Crippen LogP contribution in [-0.2, 0) is 6.54 Å². The highest BCUT2D eigenvalue weighted by Crippen LogP contribution is 2.34. The second-order valence-corrected chi connectivity index (χ2v) is 6.09. The van der Waals surface area contributed by atoms with E-state index in [0.717, 1.165) is 17.9 Å². The molecule has 3 aliphatic heterocycles. The number of hydrogen-bond acceptors (Lipinski definition) is 2. The van der Waals surface area contributed by atoms with Crippen LogP contribution in [0.15, 0.2) is 24.3 Å². The van der Waals surface area contributed by atoms with Crippen molar-refractivity contribution in [2.75, 3.05) is 13.1 Å². The highest BCUT2D eigenvalue weighted by Gasteiger charge is 2.41. The molecule has 0 amide bonds. The third kappa shape index (κ3) is 1.71. The van der Waals surface area contributed by atoms with Crippen molar-refractivity contribution in [3.05, 3.63) is 35.4 Å². The van der Waals surface area contributed by atoms with Gasteiger partial charge in [-0.05, 0) is 31.4 Å². The van der Waals surface area contributed by atoms with Gasteiger partial charge < -0.3 is 4.90 Å². The summed E-state index contributed by atoms with van der Waals surface area (Å²) >= 11 is 0. The Kier molecular flexibility index (Phi) is 2.62. The molecule has 3 heterocycles. The van der Waals surface area contributed by atoms with Gasteiger partial charge in [-0.3, -0.25) is 10.3 Å². The van der Waals surface area contributed by atoms with Gasteiger partial charge in [0.15, 0.2) is 0 Å². The van der Waals surface area contributed by atoms with Crippen molar-refractivity contribution >= 4 is 5.84 Å². The summed E-state index contributed by atoms with van der Waals surface area (Å²) in [6, 6.07) is 9.70. The van der Waals surface area contributed by atoms with E-state index in [4.69, 9.17) is 5.41 Å². The third-order valence-corrected chi connectivity index (χ3v) is 5.12. The Morgan fingerprint density at radius 3 is 2.79 bits per heavy atom. The fourth-order valence-corrected chi connectivity index (χ4v) is 4.17. The van der Waals surface area contributed by atoms with Crippen LogP contribution in [0.1, 0.15) is 36.8 Å². The first-order valence-electron chi connectivity index (χ1n) is 7.52. The fourth-order valence-electron chi connectivity index (χ4n) is 4.17. The maximum Gasteiger partial charge on any atom is 0.129 e. The van der Waals surface area contributed by atoms with Crippen LogP contribution in [0.5, 0.6) is 0 Å². The number of benzene rings is 1. The Morgan fingerprint density at radius 1 is 1.00 bits per heavy atom. The monoisotopic (exact) mass is 255 g/mol. The van der Waals surface area contributed by atoms with Gasteiger partial charge in [-0.25, -0.2) is 0 Å². The zero-order valence-electron chi connectivity index (χ0n) is 11.3. The molecular formula is C16H21N3. The molecule has 3 heteroatoms. The van der Waals surface area contributed by atoms with Gasteiger partial charge in [0, 0.05) is 30.7 Å². The van der Waals surface area contributed by atoms with Gasteiger partial charge in [0.1, 0.15) is 5.84 Å². The number of piperidine rings is 1. The Balaban J connectivity index is 1.60. The highest BCUT2D eigenvalue weighted by molar-refractivity contribution is 6.00. The van der Waals surface area contributed by atoms with E-state index in [2.05, 4.69) is 34.1 Å². The standard InChI is InChI=1S/C16H21N3/c17-16-13-6-2-1-5-12(13)11-19(16)15-8-10-18-9-4-3-7-14(15)18/h1-2,5-6,14-15,17H,3-4,7-11H2. The topological polar surface area (TPSA) is 30.3 Å². The van der Waals surface area contributed by atoms with Crippen LogP contribution in [0.2, 0.25) is 0 Å². The van der Waals surface area contributed by atoms with Crippen molar-refractivity contribution in [1.82, 2.24) is 9.80 Å². The van der Waals surface area contributed by atoms with Crippen LogP contribution >= 0.6 is 0 Å². The van der Waals surface area contributed by atoms with Crippen LogP contribution in [-0.4, -0.2) is 40.8 Å². The number of fused-ring (bicyclic) bond motifs is 2. The molecular weight excluding hydrogens is 234 g/mol. The Labute approximate surface area is 114 Å². The first-order chi connectivity index (χ1) is 9.34. The number of nitrogens with zero attached hydrogens (tertiary/aromatic N) is 2. The molecule has 1 aromatic carbocycles. The lowest BCUT2D eigenvalue weighted by Crippen LogP contribution is -2.47. The molecule has 2 fully saturated rings. The predicted octanol–water partition coefficient (Wildman–Crippen LogP) is 2.45. The lowest BCUT2D eigenvalue weighted by atomic mass is 9.98. The van der Waals surface area contributed by atoms with E-state index in [0.29, 0.717) is 12.1 Å². The number of nitrogens with one attached hydrogen (secondary N) is 1. The molecule has 2 atom stereocenters. The average Bonchev–Trinajstić information content (AvgIpc) is 3.01. The summed E-state index contributed by atoms with van der Waals surface area (Å²) in [5.74, 6) is 0.757. The fraction of sp³-hybridized carbons (Fsp3) is 0.562. The first-order valence-corrected chi connectivity index (χ1v) is 7.52. The van der Waals surface area contributed by atoms with E-state index < -0.39 is 0 Å². The quantitative estimate of drug-likeness (QED) is 0.835. The summed E-state index contributed by atoms with van der Waals surface area (Å²) < 4.78 is 0. The van der Waals surface area contributed by atoms with Crippen molar-refractivity contribution in [2.45, 2.75) is 44.3 Å². The van der Waals surface area contributed by atoms with Crippen molar-refractivity contribution < 1.29 is 0 Å². The van der Waals surface area contributed by atoms with Gasteiger partial charge in [-0.15, -0.1) is 0 Å². The molecule has 0 saturated carbocycles. The molecule has 1 N–H and O–H groups in total. The molecule has 3 nitrogen and oxygen atoms in total. The molecule has 0 aromatic heterocycles. The summed E-state index contributed by atoms with van der Waals surface area (Å²) in [6.07, 6.45) is 5.29. The highest BCUT2D eigenvalue weighted by atomic mass is 15.3. The molecule has 4 rings (SSSR count). The van der Waals surface area contributed by atoms with E-state index in [-0.39, 0.29) is 0 Å². The first kappa shape index (κ1) is 11.5. The zero-order valence-corrected chi connectivity index (χ0v) is 11.3. The number of rotatable bonds is 1. The molecule has 3 aliphatic rings. The van der Waals surface area contributed by atoms with Crippen LogP contribution in [0, 0.1) is 5.41 Å². The maximum atomic E-state index is 8.47. The molecule has 1 aromatic rings. The molecule has 0 bridgehead atoms. The summed E-state index contributed by atoms with van der Waals surface area (Å²) in [6.45, 7) is 3.45. The molecule has 0 aliphatic carbocycles. The predicted molar refractivity (Wildman–Crippen MR) is 76.4 cm³/mol. The zero-order chi connectivity index (χ0) is 12.8. The van der Waals surface area contributed by atoms with Crippen molar-refractivity contribution in [3.63, 3.8) is 0 Å². The smallest absolute Gasteiger partial charge is 0.129 e. The summed E-state index contributed by atoms with van der Waals surface area (Å²) in [5, 5.41) is 8.47. The Morgan fingerprint density at radius 2 is 1.89 bits per heavy atom. The van der Waals surface area contributed by atoms with E-state index in [9.17, 15) is 0 Å². The van der Waals surface area contributed by atoms with Gasteiger partial charge in [0.2, 0.25) is 0 Å². The minimum Gasteiger partial charge on any atom is -0.348 e. The third-order valence-electron chi connectivity index (χ3n) is 5.12. The van der Waals surface area contributed by atoms with Gasteiger partial charge >= 0.3 is 0 Å². The lowest BCUT2D eigenvalue weighted by molar-refractivity contribution is 0.151. The molecule has 0 radical (unpaired) electrons.